The molecule has 74 valence electrons. The van der Waals surface area contributed by atoms with E-state index in [1.165, 1.54) is 0 Å². The lowest BCUT2D eigenvalue weighted by Crippen LogP contribution is -2.09. The number of nitrogens with zero attached hydrogens (tertiary/aromatic N) is 1. The number of anilines is 1. The van der Waals surface area contributed by atoms with Crippen LogP contribution < -0.4 is 4.67 Å². The molecule has 1 aromatic heterocycles. The average molecular weight is 246 g/mol. The van der Waals surface area contributed by atoms with E-state index in [0.717, 1.165) is 23.4 Å². The van der Waals surface area contributed by atoms with Crippen LogP contribution in [-0.2, 0) is 4.79 Å². The highest BCUT2D eigenvalue weighted by molar-refractivity contribution is 7.19. The molecule has 2 heterocycles. The maximum Gasteiger partial charge on any atom is 0.147 e. The summed E-state index contributed by atoms with van der Waals surface area (Å²) in [4.78, 5) is 11.8. The summed E-state index contributed by atoms with van der Waals surface area (Å²) >= 11 is 7.71. The lowest BCUT2D eigenvalue weighted by Gasteiger charge is -2.15. The van der Waals surface area contributed by atoms with Crippen molar-refractivity contribution < 1.29 is 4.79 Å². The van der Waals surface area contributed by atoms with Crippen molar-refractivity contribution in [2.75, 3.05) is 11.2 Å². The van der Waals surface area contributed by atoms with Gasteiger partial charge in [0.1, 0.15) is 6.29 Å². The summed E-state index contributed by atoms with van der Waals surface area (Å²) in [7, 11) is 2.65. The maximum atomic E-state index is 10.8. The van der Waals surface area contributed by atoms with Crippen molar-refractivity contribution in [1.82, 2.24) is 0 Å². The molecule has 1 unspecified atom stereocenters. The molecule has 0 fully saturated rings. The summed E-state index contributed by atoms with van der Waals surface area (Å²) in [6.45, 7) is 0.804. The second kappa shape index (κ2) is 4.01. The van der Waals surface area contributed by atoms with Gasteiger partial charge in [-0.3, -0.25) is 4.79 Å². The Labute approximate surface area is 93.8 Å². The molecule has 1 aliphatic heterocycles. The molecule has 1 atom stereocenters. The summed E-state index contributed by atoms with van der Waals surface area (Å²) in [6, 6.07) is 2.02. The van der Waals surface area contributed by atoms with Gasteiger partial charge in [-0.1, -0.05) is 11.6 Å². The fraction of sp³-hybridized carbons (Fsp3) is 0.222. The molecule has 2 nitrogen and oxygen atoms in total. The third-order valence-corrected chi connectivity index (χ3v) is 4.20. The van der Waals surface area contributed by atoms with Gasteiger partial charge in [0.2, 0.25) is 0 Å². The van der Waals surface area contributed by atoms with E-state index < -0.39 is 0 Å². The topological polar surface area (TPSA) is 20.3 Å². The number of aldehydes is 1. The molecule has 14 heavy (non-hydrogen) atoms. The number of carbonyl (C=O) groups is 1. The molecule has 0 spiro atoms. The van der Waals surface area contributed by atoms with Crippen molar-refractivity contribution in [2.24, 2.45) is 0 Å². The first-order chi connectivity index (χ1) is 6.74. The van der Waals surface area contributed by atoms with Crippen molar-refractivity contribution in [1.29, 1.82) is 0 Å². The number of carbonyl (C=O) groups excluding carboxylic acids is 1. The Morgan fingerprint density at radius 1 is 1.64 bits per heavy atom. The van der Waals surface area contributed by atoms with E-state index in [9.17, 15) is 4.79 Å². The fourth-order valence-corrected chi connectivity index (χ4v) is 3.10. The molecule has 0 saturated heterocycles. The summed E-state index contributed by atoms with van der Waals surface area (Å²) in [5.74, 6) is 0. The zero-order valence-electron chi connectivity index (χ0n) is 7.37. The number of thiophene rings is 1. The number of halogens is 1. The molecule has 2 rings (SSSR count). The molecule has 1 aliphatic rings. The van der Waals surface area contributed by atoms with Gasteiger partial charge in [-0.25, -0.2) is 0 Å². The van der Waals surface area contributed by atoms with Crippen LogP contribution in [0.2, 0.25) is 0 Å². The lowest BCUT2D eigenvalue weighted by molar-refractivity contribution is -0.104. The minimum absolute atomic E-state index is 0.606. The largest absolute Gasteiger partial charge is 0.354 e. The number of fused-ring (bicyclic) bond motifs is 1. The van der Waals surface area contributed by atoms with E-state index in [2.05, 4.69) is 9.39 Å². The van der Waals surface area contributed by atoms with Crippen molar-refractivity contribution in [3.05, 3.63) is 21.9 Å². The Kier molecular flexibility index (Phi) is 2.91. The van der Waals surface area contributed by atoms with Gasteiger partial charge in [-0.05, 0) is 27.3 Å². The number of hydrogen-bond acceptors (Lipinski definition) is 3. The van der Waals surface area contributed by atoms with Crippen molar-refractivity contribution in [3.8, 4) is 0 Å². The Morgan fingerprint density at radius 2 is 2.43 bits per heavy atom. The van der Waals surface area contributed by atoms with Crippen LogP contribution in [0.1, 0.15) is 11.3 Å². The third-order valence-electron chi connectivity index (χ3n) is 2.20. The van der Waals surface area contributed by atoms with E-state index in [1.54, 1.807) is 11.3 Å². The van der Waals surface area contributed by atoms with Crippen molar-refractivity contribution >= 4 is 49.3 Å². The Hall–Kier alpha value is -0.370. The van der Waals surface area contributed by atoms with E-state index in [4.69, 9.17) is 11.6 Å². The standard InChI is InChI=1S/C9H9ClNOPS/c10-8-6(5-12)1-3-11(13)7-2-4-14-9(7)8/h2,4-5H,1,3,13H2. The Bertz CT molecular complexity index is 401. The number of rotatable bonds is 1. The molecule has 1 aromatic rings. The van der Waals surface area contributed by atoms with Crippen LogP contribution in [0.25, 0.3) is 5.03 Å². The van der Waals surface area contributed by atoms with Gasteiger partial charge in [-0.15, -0.1) is 11.3 Å². The van der Waals surface area contributed by atoms with Crippen LogP contribution in [0.3, 0.4) is 0 Å². The van der Waals surface area contributed by atoms with Gasteiger partial charge in [0, 0.05) is 12.1 Å². The quantitative estimate of drug-likeness (QED) is 0.560. The van der Waals surface area contributed by atoms with Crippen LogP contribution in [0.15, 0.2) is 17.0 Å². The van der Waals surface area contributed by atoms with Crippen molar-refractivity contribution in [3.63, 3.8) is 0 Å². The molecule has 0 aliphatic carbocycles. The number of hydrogen-bond donors (Lipinski definition) is 0. The van der Waals surface area contributed by atoms with Gasteiger partial charge in [0.15, 0.2) is 0 Å². The van der Waals surface area contributed by atoms with E-state index in [0.29, 0.717) is 17.0 Å². The maximum absolute atomic E-state index is 10.8. The highest BCUT2D eigenvalue weighted by atomic mass is 35.5. The molecule has 5 heteroatoms. The van der Waals surface area contributed by atoms with E-state index in [-0.39, 0.29) is 0 Å². The lowest BCUT2D eigenvalue weighted by atomic mass is 10.2. The molecular weight excluding hydrogens is 237 g/mol. The molecule has 0 saturated carbocycles. The molecule has 0 bridgehead atoms. The highest BCUT2D eigenvalue weighted by Gasteiger charge is 2.19. The summed E-state index contributed by atoms with van der Waals surface area (Å²) in [5, 5.41) is 2.59. The van der Waals surface area contributed by atoms with Gasteiger partial charge >= 0.3 is 0 Å². The van der Waals surface area contributed by atoms with Crippen LogP contribution in [-0.4, -0.2) is 12.8 Å². The predicted molar refractivity (Wildman–Crippen MR) is 64.8 cm³/mol. The monoisotopic (exact) mass is 245 g/mol. The first kappa shape index (κ1) is 10.2. The first-order valence-electron chi connectivity index (χ1n) is 4.18. The normalized spacial score (nSPS) is 16.6. The average Bonchev–Trinajstić information content (AvgIpc) is 2.62. The second-order valence-corrected chi connectivity index (χ2v) is 4.95. The Morgan fingerprint density at radius 3 is 3.14 bits per heavy atom. The van der Waals surface area contributed by atoms with Crippen LogP contribution in [0, 0.1) is 0 Å². The summed E-state index contributed by atoms with van der Waals surface area (Å²) in [6.07, 6.45) is 1.56. The second-order valence-electron chi connectivity index (χ2n) is 3.04. The van der Waals surface area contributed by atoms with Crippen molar-refractivity contribution in [2.45, 2.75) is 6.42 Å². The summed E-state index contributed by atoms with van der Waals surface area (Å²) < 4.78 is 2.05. The third kappa shape index (κ3) is 1.60. The zero-order chi connectivity index (χ0) is 10.1. The van der Waals surface area contributed by atoms with Gasteiger partial charge in [0.25, 0.3) is 0 Å². The minimum atomic E-state index is 0.606. The predicted octanol–water partition coefficient (Wildman–Crippen LogP) is 2.90. The van der Waals surface area contributed by atoms with Crippen LogP contribution >= 0.6 is 32.3 Å². The smallest absolute Gasteiger partial charge is 0.147 e. The molecule has 0 radical (unpaired) electrons. The minimum Gasteiger partial charge on any atom is -0.354 e. The van der Waals surface area contributed by atoms with Gasteiger partial charge in [0.05, 0.1) is 15.6 Å². The first-order valence-corrected chi connectivity index (χ1v) is 5.95. The van der Waals surface area contributed by atoms with Gasteiger partial charge < -0.3 is 4.67 Å². The molecule has 0 aromatic carbocycles. The fourth-order valence-electron chi connectivity index (χ4n) is 1.42. The molecule has 0 N–H and O–H groups in total. The SMILES string of the molecule is O=CC1=C(Cl)c2sccc2N(P)CC1. The Balaban J connectivity index is 2.56. The van der Waals surface area contributed by atoms with Crippen LogP contribution in [0.5, 0.6) is 0 Å². The summed E-state index contributed by atoms with van der Waals surface area (Å²) in [5.41, 5.74) is 1.78. The van der Waals surface area contributed by atoms with Crippen LogP contribution in [0.4, 0.5) is 5.69 Å². The zero-order valence-corrected chi connectivity index (χ0v) is 10.1. The highest BCUT2D eigenvalue weighted by Crippen LogP contribution is 2.40. The molecular formula is C9H9ClNOPS. The molecule has 0 amide bonds. The van der Waals surface area contributed by atoms with E-state index >= 15 is 0 Å². The van der Waals surface area contributed by atoms with Gasteiger partial charge in [-0.2, -0.15) is 0 Å². The van der Waals surface area contributed by atoms with E-state index in [1.807, 2.05) is 16.1 Å².